The maximum atomic E-state index is 14.3. The minimum atomic E-state index is -0.837. The van der Waals surface area contributed by atoms with Crippen LogP contribution in [-0.4, -0.2) is 92.2 Å². The van der Waals surface area contributed by atoms with E-state index in [-0.39, 0.29) is 60.4 Å². The lowest BCUT2D eigenvalue weighted by Crippen LogP contribution is -2.49. The number of nitrogens with zero attached hydrogens (tertiary/aromatic N) is 1. The smallest absolute Gasteiger partial charge is 0.224 e. The van der Waals surface area contributed by atoms with Gasteiger partial charge in [-0.2, -0.15) is 0 Å². The Morgan fingerprint density at radius 2 is 1.33 bits per heavy atom. The van der Waals surface area contributed by atoms with Crippen molar-refractivity contribution in [3.05, 3.63) is 71.8 Å². The third-order valence-electron chi connectivity index (χ3n) is 10.9. The lowest BCUT2D eigenvalue weighted by Gasteiger charge is -2.27. The summed E-state index contributed by atoms with van der Waals surface area (Å²) < 4.78 is 11.1. The fourth-order valence-electron chi connectivity index (χ4n) is 7.27. The summed E-state index contributed by atoms with van der Waals surface area (Å²) >= 11 is 0. The Morgan fingerprint density at radius 3 is 1.93 bits per heavy atom. The third-order valence-corrected chi connectivity index (χ3v) is 10.9. The number of rotatable bonds is 25. The molecule has 1 aliphatic carbocycles. The summed E-state index contributed by atoms with van der Waals surface area (Å²) in [6.07, 6.45) is 3.81. The van der Waals surface area contributed by atoms with Crippen molar-refractivity contribution >= 4 is 29.2 Å². The first-order valence-electron chi connectivity index (χ1n) is 20.5. The molecule has 55 heavy (non-hydrogen) atoms. The Hall–Kier alpha value is -3.73. The van der Waals surface area contributed by atoms with Crippen LogP contribution >= 0.6 is 0 Å². The number of carbonyl (C=O) groups is 5. The largest absolute Gasteiger partial charge is 0.379 e. The number of benzene rings is 2. The van der Waals surface area contributed by atoms with E-state index in [2.05, 4.69) is 15.5 Å². The molecule has 0 aromatic heterocycles. The summed E-state index contributed by atoms with van der Waals surface area (Å²) in [5, 5.41) is 6.10. The highest BCUT2D eigenvalue weighted by Gasteiger charge is 2.48. The second-order valence-electron chi connectivity index (χ2n) is 16.8. The molecule has 2 N–H and O–H groups in total. The molecule has 2 aromatic carbocycles. The first-order valence-corrected chi connectivity index (χ1v) is 20.5. The van der Waals surface area contributed by atoms with Gasteiger partial charge in [-0.15, -0.1) is 0 Å². The van der Waals surface area contributed by atoms with Crippen LogP contribution in [0.25, 0.3) is 0 Å². The predicted octanol–water partition coefficient (Wildman–Crippen LogP) is 5.79. The molecule has 1 saturated heterocycles. The van der Waals surface area contributed by atoms with E-state index in [1.807, 2.05) is 95.3 Å². The van der Waals surface area contributed by atoms with Crippen molar-refractivity contribution in [2.45, 2.75) is 104 Å². The van der Waals surface area contributed by atoms with Gasteiger partial charge in [0.05, 0.1) is 31.9 Å². The molecule has 2 aromatic rings. The zero-order chi connectivity index (χ0) is 39.8. The van der Waals surface area contributed by atoms with Crippen molar-refractivity contribution in [1.82, 2.24) is 15.5 Å². The number of ketones is 3. The molecule has 0 bridgehead atoms. The van der Waals surface area contributed by atoms with Crippen LogP contribution in [-0.2, 0) is 46.3 Å². The van der Waals surface area contributed by atoms with Gasteiger partial charge in [0.2, 0.25) is 11.8 Å². The average Bonchev–Trinajstić information content (AvgIpc) is 3.92. The normalized spacial score (nSPS) is 17.6. The van der Waals surface area contributed by atoms with Crippen LogP contribution in [0.2, 0.25) is 0 Å². The standard InChI is InChI=1S/C45H65N3O7/c1-32(2)26-39(41(50)30-37(28-35-14-10-7-11-15-35)44(53)47-40(27-33(3)4)42(51)45(5)18-19-45)46-43(52)36(17-16-34-12-8-6-9-13-34)29-38(49)31-55-25-22-48-20-23-54-24-21-48/h6-15,32-33,36-37,39-40H,16-31H2,1-5H3,(H,46,52)(H,47,53)/t36-,37-,39?,40?/m1/s1. The predicted molar refractivity (Wildman–Crippen MR) is 214 cm³/mol. The van der Waals surface area contributed by atoms with Gasteiger partial charge >= 0.3 is 0 Å². The van der Waals surface area contributed by atoms with E-state index in [9.17, 15) is 24.0 Å². The van der Waals surface area contributed by atoms with E-state index < -0.39 is 29.3 Å². The number of Topliss-reactive ketones (excluding diaryl/α,β-unsaturated/α-hetero) is 3. The van der Waals surface area contributed by atoms with E-state index in [4.69, 9.17) is 9.47 Å². The molecule has 1 heterocycles. The van der Waals surface area contributed by atoms with Gasteiger partial charge in [-0.1, -0.05) is 95.3 Å². The molecule has 1 saturated carbocycles. The summed E-state index contributed by atoms with van der Waals surface area (Å²) in [4.78, 5) is 71.4. The number of ether oxygens (including phenoxy) is 2. The Kier molecular flexibility index (Phi) is 17.7. The maximum Gasteiger partial charge on any atom is 0.224 e. The summed E-state index contributed by atoms with van der Waals surface area (Å²) in [7, 11) is 0. The number of hydrogen-bond donors (Lipinski definition) is 2. The SMILES string of the molecule is CC(C)CC(NC(=O)[C@H](CCc1ccccc1)CC(=O)COCCN1CCOCC1)C(=O)C[C@@H](Cc1ccccc1)C(=O)NC(CC(C)C)C(=O)C1(C)CC1. The van der Waals surface area contributed by atoms with Gasteiger partial charge in [0.1, 0.15) is 6.61 Å². The van der Waals surface area contributed by atoms with Crippen molar-refractivity contribution in [1.29, 1.82) is 0 Å². The van der Waals surface area contributed by atoms with Gasteiger partial charge in [-0.25, -0.2) is 0 Å². The minimum absolute atomic E-state index is 0.00202. The molecular formula is C45H65N3O7. The van der Waals surface area contributed by atoms with Gasteiger partial charge in [-0.3, -0.25) is 28.9 Å². The number of amides is 2. The molecule has 2 unspecified atom stereocenters. The van der Waals surface area contributed by atoms with Crippen LogP contribution in [0, 0.1) is 29.1 Å². The first kappa shape index (κ1) is 44.0. The van der Waals surface area contributed by atoms with Crippen molar-refractivity contribution in [3.8, 4) is 0 Å². The highest BCUT2D eigenvalue weighted by atomic mass is 16.5. The van der Waals surface area contributed by atoms with Gasteiger partial charge in [0, 0.05) is 49.7 Å². The average molecular weight is 760 g/mol. The van der Waals surface area contributed by atoms with Crippen LogP contribution in [0.4, 0.5) is 0 Å². The summed E-state index contributed by atoms with van der Waals surface area (Å²) in [6.45, 7) is 14.1. The molecule has 302 valence electrons. The van der Waals surface area contributed by atoms with Gasteiger partial charge in [-0.05, 0) is 67.9 Å². The first-order chi connectivity index (χ1) is 26.3. The quantitative estimate of drug-likeness (QED) is 0.122. The van der Waals surface area contributed by atoms with Gasteiger partial charge < -0.3 is 20.1 Å². The molecule has 0 spiro atoms. The monoisotopic (exact) mass is 759 g/mol. The number of aryl methyl sites for hydroxylation is 1. The van der Waals surface area contributed by atoms with E-state index in [0.717, 1.165) is 37.1 Å². The van der Waals surface area contributed by atoms with Crippen molar-refractivity contribution in [2.75, 3.05) is 46.1 Å². The maximum absolute atomic E-state index is 14.3. The molecule has 10 heteroatoms. The van der Waals surface area contributed by atoms with Crippen LogP contribution in [0.3, 0.4) is 0 Å². The molecule has 10 nitrogen and oxygen atoms in total. The second kappa shape index (κ2) is 22.1. The van der Waals surface area contributed by atoms with Crippen LogP contribution in [0.1, 0.15) is 90.7 Å². The molecule has 2 amide bonds. The number of nitrogens with one attached hydrogen (secondary N) is 2. The van der Waals surface area contributed by atoms with Crippen molar-refractivity contribution in [3.63, 3.8) is 0 Å². The topological polar surface area (TPSA) is 131 Å². The molecule has 2 fully saturated rings. The van der Waals surface area contributed by atoms with E-state index >= 15 is 0 Å². The van der Waals surface area contributed by atoms with Crippen LogP contribution in [0.5, 0.6) is 0 Å². The van der Waals surface area contributed by atoms with Crippen molar-refractivity contribution < 1.29 is 33.4 Å². The van der Waals surface area contributed by atoms with Crippen LogP contribution in [0.15, 0.2) is 60.7 Å². The lowest BCUT2D eigenvalue weighted by molar-refractivity contribution is -0.136. The molecule has 2 aliphatic rings. The molecule has 0 radical (unpaired) electrons. The summed E-state index contributed by atoms with van der Waals surface area (Å²) in [5.41, 5.74) is 1.56. The Morgan fingerprint density at radius 1 is 0.764 bits per heavy atom. The number of hydrogen-bond acceptors (Lipinski definition) is 8. The zero-order valence-corrected chi connectivity index (χ0v) is 33.9. The highest BCUT2D eigenvalue weighted by Crippen LogP contribution is 2.47. The highest BCUT2D eigenvalue weighted by molar-refractivity contribution is 5.97. The number of carbonyl (C=O) groups excluding carboxylic acids is 5. The summed E-state index contributed by atoms with van der Waals surface area (Å²) in [6, 6.07) is 17.9. The Labute approximate surface area is 328 Å². The Bertz CT molecular complexity index is 1520. The van der Waals surface area contributed by atoms with E-state index in [0.29, 0.717) is 58.5 Å². The van der Waals surface area contributed by atoms with Crippen LogP contribution < -0.4 is 10.6 Å². The van der Waals surface area contributed by atoms with Gasteiger partial charge in [0.25, 0.3) is 0 Å². The summed E-state index contributed by atoms with van der Waals surface area (Å²) in [5.74, 6) is -2.13. The molecule has 1 aliphatic heterocycles. The minimum Gasteiger partial charge on any atom is -0.379 e. The lowest BCUT2D eigenvalue weighted by atomic mass is 9.87. The third kappa shape index (κ3) is 15.4. The van der Waals surface area contributed by atoms with Crippen molar-refractivity contribution in [2.24, 2.45) is 29.1 Å². The van der Waals surface area contributed by atoms with E-state index in [1.54, 1.807) is 0 Å². The Balaban J connectivity index is 1.46. The fourth-order valence-corrected chi connectivity index (χ4v) is 7.27. The zero-order valence-electron chi connectivity index (χ0n) is 33.9. The molecule has 4 atom stereocenters. The molecule has 4 rings (SSSR count). The molecular weight excluding hydrogens is 695 g/mol. The van der Waals surface area contributed by atoms with Gasteiger partial charge in [0.15, 0.2) is 17.3 Å². The van der Waals surface area contributed by atoms with E-state index in [1.165, 1.54) is 0 Å². The number of morpholine rings is 1. The second-order valence-corrected chi connectivity index (χ2v) is 16.8. The fraction of sp³-hybridized carbons (Fsp3) is 0.622.